The summed E-state index contributed by atoms with van der Waals surface area (Å²) in [5, 5.41) is 0. The summed E-state index contributed by atoms with van der Waals surface area (Å²) in [5.74, 6) is 0. The number of hydrogen-bond donors (Lipinski definition) is 1. The molecule has 2 unspecified atom stereocenters. The average molecular weight is 195 g/mol. The number of nitrogens with two attached hydrogens (primary N) is 1. The normalized spacial score (nSPS) is 24.5. The smallest absolute Gasteiger partial charge is 0.139 e. The van der Waals surface area contributed by atoms with Crippen LogP contribution in [0.3, 0.4) is 0 Å². The van der Waals surface area contributed by atoms with Gasteiger partial charge in [-0.15, -0.1) is 0 Å². The van der Waals surface area contributed by atoms with Crippen LogP contribution in [-0.2, 0) is 4.74 Å². The zero-order valence-corrected chi connectivity index (χ0v) is 8.84. The van der Waals surface area contributed by atoms with E-state index in [2.05, 4.69) is 21.0 Å². The van der Waals surface area contributed by atoms with Crippen molar-refractivity contribution >= 4 is 0 Å². The van der Waals surface area contributed by atoms with Gasteiger partial charge < -0.3 is 21.6 Å². The summed E-state index contributed by atoms with van der Waals surface area (Å²) in [4.78, 5) is 0. The van der Waals surface area contributed by atoms with Gasteiger partial charge in [-0.2, -0.15) is 0 Å². The number of likely N-dealkylation sites (N-methyl/N-ethyl adjacent to an activating group) is 1. The van der Waals surface area contributed by atoms with Crippen LogP contribution in [-0.4, -0.2) is 44.0 Å². The number of ether oxygens (including phenoxy) is 1. The van der Waals surface area contributed by atoms with Gasteiger partial charge in [0.1, 0.15) is 18.8 Å². The summed E-state index contributed by atoms with van der Waals surface area (Å²) in [7, 11) is 4.33. The van der Waals surface area contributed by atoms with Crippen LogP contribution in [0.1, 0.15) is 13.3 Å². The molecule has 1 fully saturated rings. The molecule has 1 saturated heterocycles. The predicted octanol–water partition coefficient (Wildman–Crippen LogP) is -2.84. The first kappa shape index (κ1) is 12.2. The molecule has 2 atom stereocenters. The highest BCUT2D eigenvalue weighted by Gasteiger charge is 2.34. The van der Waals surface area contributed by atoms with Crippen LogP contribution >= 0.6 is 0 Å². The van der Waals surface area contributed by atoms with Crippen LogP contribution in [0.5, 0.6) is 0 Å². The Morgan fingerprint density at radius 1 is 1.58 bits per heavy atom. The molecule has 3 nitrogen and oxygen atoms in total. The van der Waals surface area contributed by atoms with Crippen molar-refractivity contribution in [3.8, 4) is 0 Å². The summed E-state index contributed by atoms with van der Waals surface area (Å²) in [6, 6.07) is 0. The molecule has 12 heavy (non-hydrogen) atoms. The van der Waals surface area contributed by atoms with E-state index in [0.29, 0.717) is 6.10 Å². The quantitative estimate of drug-likeness (QED) is 0.298. The third-order valence-corrected chi connectivity index (χ3v) is 2.39. The first-order chi connectivity index (χ1) is 5.06. The maximum atomic E-state index is 5.94. The molecule has 0 bridgehead atoms. The third kappa shape index (κ3) is 3.27. The summed E-state index contributed by atoms with van der Waals surface area (Å²) < 4.78 is 6.04. The molecular weight excluding hydrogens is 176 g/mol. The topological polar surface area (TPSA) is 38.5 Å². The molecule has 1 rings (SSSR count). The second kappa shape index (κ2) is 4.42. The van der Waals surface area contributed by atoms with E-state index in [1.54, 1.807) is 0 Å². The lowest BCUT2D eigenvalue weighted by Crippen LogP contribution is -3.00. The van der Waals surface area contributed by atoms with Gasteiger partial charge in [0, 0.05) is 6.42 Å². The monoisotopic (exact) mass is 194 g/mol. The number of epoxide rings is 1. The van der Waals surface area contributed by atoms with Gasteiger partial charge in [0.25, 0.3) is 0 Å². The Balaban J connectivity index is 0.00000121. The van der Waals surface area contributed by atoms with Gasteiger partial charge in [-0.25, -0.2) is 0 Å². The number of hydrogen-bond acceptors (Lipinski definition) is 2. The Kier molecular flexibility index (Phi) is 4.48. The molecule has 4 heteroatoms. The van der Waals surface area contributed by atoms with Gasteiger partial charge in [-0.3, -0.25) is 5.73 Å². The molecule has 2 N–H and O–H groups in total. The molecule has 0 spiro atoms. The van der Waals surface area contributed by atoms with E-state index in [-0.39, 0.29) is 18.6 Å². The van der Waals surface area contributed by atoms with Crippen molar-refractivity contribution in [2.45, 2.75) is 25.6 Å². The molecule has 74 valence electrons. The number of halogens is 1. The maximum absolute atomic E-state index is 5.94. The second-order valence-corrected chi connectivity index (χ2v) is 3.89. The van der Waals surface area contributed by atoms with E-state index in [0.717, 1.165) is 24.1 Å². The molecule has 1 heterocycles. The standard InChI is InChI=1S/C8H19N2O.ClH/c1-4-8(9)10(2,3)5-7-6-11-7;/h7-8H,4-6,9H2,1-3H3;1H/q+1;/p-1. The van der Waals surface area contributed by atoms with E-state index in [4.69, 9.17) is 10.5 Å². The lowest BCUT2D eigenvalue weighted by molar-refractivity contribution is -0.915. The second-order valence-electron chi connectivity index (χ2n) is 3.89. The molecule has 0 aromatic heterocycles. The summed E-state index contributed by atoms with van der Waals surface area (Å²) in [6.45, 7) is 4.10. The maximum Gasteiger partial charge on any atom is 0.139 e. The minimum atomic E-state index is 0. The summed E-state index contributed by atoms with van der Waals surface area (Å²) in [5.41, 5.74) is 5.94. The molecule has 1 aliphatic heterocycles. The Morgan fingerprint density at radius 3 is 2.42 bits per heavy atom. The largest absolute Gasteiger partial charge is 1.00 e. The Bertz CT molecular complexity index is 137. The van der Waals surface area contributed by atoms with Crippen LogP contribution in [0.15, 0.2) is 0 Å². The van der Waals surface area contributed by atoms with Gasteiger partial charge in [0.2, 0.25) is 0 Å². The molecule has 0 amide bonds. The van der Waals surface area contributed by atoms with E-state index in [1.807, 2.05) is 0 Å². The summed E-state index contributed by atoms with van der Waals surface area (Å²) in [6.07, 6.45) is 1.75. The van der Waals surface area contributed by atoms with Gasteiger partial charge >= 0.3 is 0 Å². The van der Waals surface area contributed by atoms with E-state index in [1.165, 1.54) is 0 Å². The van der Waals surface area contributed by atoms with Crippen molar-refractivity contribution in [1.82, 2.24) is 0 Å². The first-order valence-corrected chi connectivity index (χ1v) is 4.26. The van der Waals surface area contributed by atoms with Gasteiger partial charge in [-0.1, -0.05) is 6.92 Å². The van der Waals surface area contributed by atoms with E-state index in [9.17, 15) is 0 Å². The highest BCUT2D eigenvalue weighted by Crippen LogP contribution is 2.16. The van der Waals surface area contributed by atoms with Crippen molar-refractivity contribution in [3.63, 3.8) is 0 Å². The lowest BCUT2D eigenvalue weighted by atomic mass is 10.2. The molecule has 0 aromatic carbocycles. The van der Waals surface area contributed by atoms with Crippen molar-refractivity contribution in [1.29, 1.82) is 0 Å². The zero-order valence-electron chi connectivity index (χ0n) is 8.09. The number of quaternary nitrogens is 1. The Labute approximate surface area is 80.9 Å². The van der Waals surface area contributed by atoms with Crippen LogP contribution in [0, 0.1) is 0 Å². The van der Waals surface area contributed by atoms with Gasteiger partial charge in [0.05, 0.1) is 20.7 Å². The Hall–Kier alpha value is 0.170. The third-order valence-electron chi connectivity index (χ3n) is 2.39. The fourth-order valence-corrected chi connectivity index (χ4v) is 1.33. The highest BCUT2D eigenvalue weighted by molar-refractivity contribution is 4.68. The molecule has 1 aliphatic rings. The average Bonchev–Trinajstić information content (AvgIpc) is 2.69. The van der Waals surface area contributed by atoms with Crippen molar-refractivity contribution in [2.75, 3.05) is 27.2 Å². The fraction of sp³-hybridized carbons (Fsp3) is 1.00. The van der Waals surface area contributed by atoms with Crippen LogP contribution in [0.25, 0.3) is 0 Å². The van der Waals surface area contributed by atoms with Crippen molar-refractivity contribution in [3.05, 3.63) is 0 Å². The van der Waals surface area contributed by atoms with E-state index >= 15 is 0 Å². The van der Waals surface area contributed by atoms with Gasteiger partial charge in [-0.05, 0) is 0 Å². The fourth-order valence-electron chi connectivity index (χ4n) is 1.33. The van der Waals surface area contributed by atoms with E-state index < -0.39 is 0 Å². The molecule has 0 radical (unpaired) electrons. The van der Waals surface area contributed by atoms with Crippen LogP contribution in [0.4, 0.5) is 0 Å². The lowest BCUT2D eigenvalue weighted by Gasteiger charge is -2.34. The Morgan fingerprint density at radius 2 is 2.08 bits per heavy atom. The highest BCUT2D eigenvalue weighted by atomic mass is 35.5. The van der Waals surface area contributed by atoms with Crippen LogP contribution < -0.4 is 18.1 Å². The predicted molar refractivity (Wildman–Crippen MR) is 45.0 cm³/mol. The molecule has 0 aliphatic carbocycles. The minimum Gasteiger partial charge on any atom is -1.00 e. The van der Waals surface area contributed by atoms with Crippen LogP contribution in [0.2, 0.25) is 0 Å². The first-order valence-electron chi connectivity index (χ1n) is 4.26. The van der Waals surface area contributed by atoms with Crippen molar-refractivity contribution < 1.29 is 21.6 Å². The molecule has 0 saturated carbocycles. The number of rotatable bonds is 4. The van der Waals surface area contributed by atoms with Gasteiger partial charge in [0.15, 0.2) is 0 Å². The molecular formula is C8H19ClN2O. The summed E-state index contributed by atoms with van der Waals surface area (Å²) >= 11 is 0. The zero-order chi connectivity index (χ0) is 8.48. The number of nitrogens with zero attached hydrogens (tertiary/aromatic N) is 1. The SMILES string of the molecule is CCC(N)[N+](C)(C)CC1CO1.[Cl-]. The molecule has 0 aromatic rings. The van der Waals surface area contributed by atoms with Crippen molar-refractivity contribution in [2.24, 2.45) is 5.73 Å². The minimum absolute atomic E-state index is 0.